The van der Waals surface area contributed by atoms with E-state index in [9.17, 15) is 19.6 Å². The van der Waals surface area contributed by atoms with Crippen molar-refractivity contribution in [2.24, 2.45) is 0 Å². The largest absolute Gasteiger partial charge is 0.387 e. The first-order valence-electron chi connectivity index (χ1n) is 7.36. The van der Waals surface area contributed by atoms with Gasteiger partial charge >= 0.3 is 5.69 Å². The van der Waals surface area contributed by atoms with E-state index in [-0.39, 0.29) is 29.9 Å². The molecule has 0 aliphatic heterocycles. The number of anilines is 1. The minimum absolute atomic E-state index is 0.0780. The molecular formula is C16H16FN3O3. The number of pyridine rings is 1. The third kappa shape index (κ3) is 3.45. The van der Waals surface area contributed by atoms with Crippen LogP contribution in [0.2, 0.25) is 0 Å². The fraction of sp³-hybridized carbons (Fsp3) is 0.312. The predicted octanol–water partition coefficient (Wildman–Crippen LogP) is 2.83. The maximum absolute atomic E-state index is 13.0. The fourth-order valence-corrected chi connectivity index (χ4v) is 2.52. The van der Waals surface area contributed by atoms with Crippen molar-refractivity contribution in [3.8, 4) is 0 Å². The van der Waals surface area contributed by atoms with Crippen LogP contribution in [-0.4, -0.2) is 27.6 Å². The number of rotatable bonds is 6. The Morgan fingerprint density at radius 2 is 2.04 bits per heavy atom. The minimum Gasteiger partial charge on any atom is -0.387 e. The quantitative estimate of drug-likeness (QED) is 0.654. The summed E-state index contributed by atoms with van der Waals surface area (Å²) < 4.78 is 13.0. The molecule has 6 nitrogen and oxygen atoms in total. The van der Waals surface area contributed by atoms with E-state index in [1.165, 1.54) is 42.6 Å². The number of hydrogen-bond donors (Lipinski definition) is 1. The highest BCUT2D eigenvalue weighted by molar-refractivity contribution is 5.58. The summed E-state index contributed by atoms with van der Waals surface area (Å²) in [5, 5.41) is 21.6. The van der Waals surface area contributed by atoms with Crippen molar-refractivity contribution in [2.45, 2.75) is 25.0 Å². The van der Waals surface area contributed by atoms with Gasteiger partial charge in [0.1, 0.15) is 5.82 Å². The van der Waals surface area contributed by atoms with Gasteiger partial charge in [0.2, 0.25) is 5.82 Å². The highest BCUT2D eigenvalue weighted by Crippen LogP contribution is 2.36. The Hall–Kier alpha value is -2.54. The molecule has 1 heterocycles. The molecule has 23 heavy (non-hydrogen) atoms. The van der Waals surface area contributed by atoms with E-state index in [1.807, 2.05) is 0 Å². The molecule has 1 unspecified atom stereocenters. The van der Waals surface area contributed by atoms with E-state index in [2.05, 4.69) is 4.98 Å². The maximum Gasteiger partial charge on any atom is 0.311 e. The molecule has 0 spiro atoms. The SMILES string of the molecule is O=[N+]([O-])c1cccnc1N(CC(O)c1ccc(F)cc1)C1CC1. The first-order chi connectivity index (χ1) is 11.1. The number of hydrogen-bond acceptors (Lipinski definition) is 5. The Labute approximate surface area is 132 Å². The normalized spacial score (nSPS) is 15.2. The van der Waals surface area contributed by atoms with Crippen LogP contribution in [0.25, 0.3) is 0 Å². The van der Waals surface area contributed by atoms with Crippen molar-refractivity contribution >= 4 is 11.5 Å². The highest BCUT2D eigenvalue weighted by atomic mass is 19.1. The standard InChI is InChI=1S/C16H16FN3O3/c17-12-5-3-11(4-6-12)15(21)10-19(13-7-8-13)16-14(20(22)23)2-1-9-18-16/h1-6,9,13,15,21H,7-8,10H2. The number of benzene rings is 1. The number of aromatic nitrogens is 1. The van der Waals surface area contributed by atoms with Crippen LogP contribution in [0.15, 0.2) is 42.6 Å². The van der Waals surface area contributed by atoms with Gasteiger partial charge in [-0.15, -0.1) is 0 Å². The van der Waals surface area contributed by atoms with Crippen LogP contribution in [0.5, 0.6) is 0 Å². The van der Waals surface area contributed by atoms with E-state index in [0.717, 1.165) is 12.8 Å². The molecule has 1 saturated carbocycles. The highest BCUT2D eigenvalue weighted by Gasteiger charge is 2.35. The van der Waals surface area contributed by atoms with Crippen LogP contribution in [0.1, 0.15) is 24.5 Å². The summed E-state index contributed by atoms with van der Waals surface area (Å²) in [6.07, 6.45) is 2.44. The second-order valence-corrected chi connectivity index (χ2v) is 5.55. The number of aliphatic hydroxyl groups excluding tert-OH is 1. The minimum atomic E-state index is -0.877. The van der Waals surface area contributed by atoms with E-state index in [1.54, 1.807) is 4.90 Å². The number of nitrogens with zero attached hydrogens (tertiary/aromatic N) is 3. The third-order valence-corrected chi connectivity index (χ3v) is 3.85. The first kappa shape index (κ1) is 15.4. The Kier molecular flexibility index (Phi) is 4.20. The summed E-state index contributed by atoms with van der Waals surface area (Å²) in [5.74, 6) is -0.110. The van der Waals surface area contributed by atoms with Crippen molar-refractivity contribution in [1.82, 2.24) is 4.98 Å². The monoisotopic (exact) mass is 317 g/mol. The van der Waals surface area contributed by atoms with Gasteiger partial charge < -0.3 is 10.0 Å². The molecule has 7 heteroatoms. The molecule has 2 aromatic rings. The van der Waals surface area contributed by atoms with E-state index < -0.39 is 11.0 Å². The lowest BCUT2D eigenvalue weighted by Gasteiger charge is -2.26. The molecule has 0 radical (unpaired) electrons. The average Bonchev–Trinajstić information content (AvgIpc) is 3.38. The Bertz CT molecular complexity index is 704. The molecule has 1 aliphatic rings. The van der Waals surface area contributed by atoms with E-state index in [0.29, 0.717) is 5.56 Å². The summed E-state index contributed by atoms with van der Waals surface area (Å²) in [6.45, 7) is 0.175. The molecule has 1 fully saturated rings. The summed E-state index contributed by atoms with van der Waals surface area (Å²) >= 11 is 0. The van der Waals surface area contributed by atoms with Crippen molar-refractivity contribution in [1.29, 1.82) is 0 Å². The van der Waals surface area contributed by atoms with Crippen molar-refractivity contribution in [2.75, 3.05) is 11.4 Å². The Balaban J connectivity index is 1.85. The van der Waals surface area contributed by atoms with Gasteiger partial charge in [0.15, 0.2) is 0 Å². The number of nitro groups is 1. The molecule has 0 bridgehead atoms. The molecule has 120 valence electrons. The molecule has 3 rings (SSSR count). The van der Waals surface area contributed by atoms with Gasteiger partial charge in [-0.1, -0.05) is 12.1 Å². The number of aliphatic hydroxyl groups is 1. The van der Waals surface area contributed by atoms with Crippen molar-refractivity contribution in [3.63, 3.8) is 0 Å². The molecule has 1 aliphatic carbocycles. The second kappa shape index (κ2) is 6.29. The van der Waals surface area contributed by atoms with Gasteiger partial charge in [0.05, 0.1) is 17.6 Å². The molecule has 1 aromatic heterocycles. The lowest BCUT2D eigenvalue weighted by Crippen LogP contribution is -2.32. The predicted molar refractivity (Wildman–Crippen MR) is 82.6 cm³/mol. The third-order valence-electron chi connectivity index (χ3n) is 3.85. The van der Waals surface area contributed by atoms with Crippen LogP contribution in [0, 0.1) is 15.9 Å². The summed E-state index contributed by atoms with van der Waals surface area (Å²) in [4.78, 5) is 16.6. The molecule has 0 amide bonds. The average molecular weight is 317 g/mol. The van der Waals surface area contributed by atoms with Crippen molar-refractivity contribution in [3.05, 3.63) is 64.1 Å². The smallest absolute Gasteiger partial charge is 0.311 e. The van der Waals surface area contributed by atoms with E-state index in [4.69, 9.17) is 0 Å². The lowest BCUT2D eigenvalue weighted by atomic mass is 10.1. The molecular weight excluding hydrogens is 301 g/mol. The second-order valence-electron chi connectivity index (χ2n) is 5.55. The van der Waals surface area contributed by atoms with Gasteiger partial charge in [0.25, 0.3) is 0 Å². The van der Waals surface area contributed by atoms with Crippen LogP contribution in [0.3, 0.4) is 0 Å². The van der Waals surface area contributed by atoms with Gasteiger partial charge in [-0.2, -0.15) is 0 Å². The van der Waals surface area contributed by atoms with Crippen molar-refractivity contribution < 1.29 is 14.4 Å². The Morgan fingerprint density at radius 1 is 1.35 bits per heavy atom. The zero-order valence-electron chi connectivity index (χ0n) is 12.3. The van der Waals surface area contributed by atoms with Gasteiger partial charge in [-0.25, -0.2) is 9.37 Å². The maximum atomic E-state index is 13.0. The van der Waals surface area contributed by atoms with Crippen LogP contribution >= 0.6 is 0 Å². The summed E-state index contributed by atoms with van der Waals surface area (Å²) in [5.41, 5.74) is 0.487. The molecule has 0 saturated heterocycles. The zero-order chi connectivity index (χ0) is 16.4. The van der Waals surface area contributed by atoms with E-state index >= 15 is 0 Å². The Morgan fingerprint density at radius 3 is 2.65 bits per heavy atom. The summed E-state index contributed by atoms with van der Waals surface area (Å²) in [7, 11) is 0. The van der Waals surface area contributed by atoms with Gasteiger partial charge in [-0.05, 0) is 36.6 Å². The summed E-state index contributed by atoms with van der Waals surface area (Å²) in [6, 6.07) is 8.65. The molecule has 1 aromatic carbocycles. The topological polar surface area (TPSA) is 79.5 Å². The first-order valence-corrected chi connectivity index (χ1v) is 7.36. The van der Waals surface area contributed by atoms with Crippen LogP contribution < -0.4 is 4.90 Å². The fourth-order valence-electron chi connectivity index (χ4n) is 2.52. The molecule has 1 N–H and O–H groups in total. The van der Waals surface area contributed by atoms with Crippen LogP contribution in [0.4, 0.5) is 15.9 Å². The lowest BCUT2D eigenvalue weighted by molar-refractivity contribution is -0.384. The van der Waals surface area contributed by atoms with Gasteiger partial charge in [0, 0.05) is 18.3 Å². The number of halogens is 1. The van der Waals surface area contributed by atoms with Gasteiger partial charge in [-0.3, -0.25) is 10.1 Å². The van der Waals surface area contributed by atoms with Crippen LogP contribution in [-0.2, 0) is 0 Å². The molecule has 1 atom stereocenters. The zero-order valence-corrected chi connectivity index (χ0v) is 12.3.